The number of hydrogen-bond donors (Lipinski definition) is 0. The van der Waals surface area contributed by atoms with Gasteiger partial charge >= 0.3 is 0 Å². The first-order valence-corrected chi connectivity index (χ1v) is 11.4. The summed E-state index contributed by atoms with van der Waals surface area (Å²) in [6.45, 7) is 1.73. The van der Waals surface area contributed by atoms with E-state index >= 15 is 0 Å². The summed E-state index contributed by atoms with van der Waals surface area (Å²) >= 11 is 0. The Hall–Kier alpha value is -3.16. The van der Waals surface area contributed by atoms with Crippen molar-refractivity contribution in [1.82, 2.24) is 29.4 Å². The van der Waals surface area contributed by atoms with E-state index in [0.717, 1.165) is 12.1 Å². The molecule has 1 aliphatic rings. The van der Waals surface area contributed by atoms with Crippen molar-refractivity contribution >= 4 is 10.0 Å². The van der Waals surface area contributed by atoms with Crippen LogP contribution in [0.4, 0.5) is 8.78 Å². The number of tetrazole rings is 1. The number of aromatic nitrogens is 4. The highest BCUT2D eigenvalue weighted by molar-refractivity contribution is 7.89. The normalized spacial score (nSPS) is 15.5. The predicted octanol–water partition coefficient (Wildman–Crippen LogP) is 1.46. The lowest BCUT2D eigenvalue weighted by molar-refractivity contribution is 0.177. The van der Waals surface area contributed by atoms with Gasteiger partial charge in [0.2, 0.25) is 10.0 Å². The summed E-state index contributed by atoms with van der Waals surface area (Å²) < 4.78 is 66.1. The monoisotopic (exact) mass is 480 g/mol. The quantitative estimate of drug-likeness (QED) is 0.501. The molecule has 0 N–H and O–H groups in total. The van der Waals surface area contributed by atoms with Crippen LogP contribution in [0.1, 0.15) is 5.82 Å². The molecule has 0 bridgehead atoms. The van der Waals surface area contributed by atoms with Gasteiger partial charge in [0.25, 0.3) is 0 Å². The molecule has 13 heteroatoms. The van der Waals surface area contributed by atoms with Gasteiger partial charge in [-0.05, 0) is 34.7 Å². The number of rotatable bonds is 7. The van der Waals surface area contributed by atoms with Crippen molar-refractivity contribution in [3.05, 3.63) is 53.9 Å². The van der Waals surface area contributed by atoms with Gasteiger partial charge in [-0.25, -0.2) is 17.2 Å². The third kappa shape index (κ3) is 4.65. The summed E-state index contributed by atoms with van der Waals surface area (Å²) in [6.07, 6.45) is 0. The highest BCUT2D eigenvalue weighted by atomic mass is 32.2. The summed E-state index contributed by atoms with van der Waals surface area (Å²) in [4.78, 5) is 2.11. The summed E-state index contributed by atoms with van der Waals surface area (Å²) in [6, 6.07) is 7.89. The van der Waals surface area contributed by atoms with Gasteiger partial charge in [-0.2, -0.15) is 8.99 Å². The first-order chi connectivity index (χ1) is 15.8. The van der Waals surface area contributed by atoms with E-state index < -0.39 is 21.7 Å². The number of halogens is 2. The number of benzene rings is 2. The molecule has 1 aliphatic heterocycles. The fourth-order valence-electron chi connectivity index (χ4n) is 3.58. The number of methoxy groups -OCH3 is 2. The van der Waals surface area contributed by atoms with Crippen LogP contribution in [-0.2, 0) is 16.6 Å². The standard InChI is InChI=1S/C20H22F2N6O4S/c1-31-18-6-4-15(12-19(18)32-2)33(29,30)27-9-7-26(8-10-27)13-20-23-24-25-28(20)14-3-5-16(21)17(22)11-14/h3-6,11-12H,7-10,13H2,1-2H3. The maximum absolute atomic E-state index is 13.6. The Morgan fingerprint density at radius 3 is 2.33 bits per heavy atom. The Kier molecular flexibility index (Phi) is 6.54. The molecule has 176 valence electrons. The number of sulfonamides is 1. The first-order valence-electron chi connectivity index (χ1n) is 10.0. The van der Waals surface area contributed by atoms with Gasteiger partial charge in [0.1, 0.15) is 0 Å². The van der Waals surface area contributed by atoms with E-state index in [-0.39, 0.29) is 18.0 Å². The molecule has 10 nitrogen and oxygen atoms in total. The van der Waals surface area contributed by atoms with E-state index in [1.165, 1.54) is 41.4 Å². The van der Waals surface area contributed by atoms with Crippen LogP contribution < -0.4 is 9.47 Å². The maximum atomic E-state index is 13.6. The molecule has 0 atom stereocenters. The van der Waals surface area contributed by atoms with Crippen molar-refractivity contribution in [3.8, 4) is 17.2 Å². The third-order valence-electron chi connectivity index (χ3n) is 5.37. The van der Waals surface area contributed by atoms with Gasteiger partial charge < -0.3 is 9.47 Å². The zero-order valence-electron chi connectivity index (χ0n) is 18.0. The fraction of sp³-hybridized carbons (Fsp3) is 0.350. The highest BCUT2D eigenvalue weighted by Gasteiger charge is 2.30. The molecule has 0 spiro atoms. The van der Waals surface area contributed by atoms with Crippen LogP contribution in [0, 0.1) is 11.6 Å². The molecule has 0 unspecified atom stereocenters. The lowest BCUT2D eigenvalue weighted by Crippen LogP contribution is -2.48. The van der Waals surface area contributed by atoms with E-state index in [2.05, 4.69) is 15.5 Å². The van der Waals surface area contributed by atoms with Crippen LogP contribution in [-0.4, -0.2) is 78.2 Å². The Balaban J connectivity index is 1.44. The van der Waals surface area contributed by atoms with Crippen molar-refractivity contribution in [2.45, 2.75) is 11.4 Å². The Labute approximate surface area is 189 Å². The van der Waals surface area contributed by atoms with Crippen molar-refractivity contribution in [3.63, 3.8) is 0 Å². The zero-order chi connectivity index (χ0) is 23.6. The van der Waals surface area contributed by atoms with Crippen LogP contribution in [0.3, 0.4) is 0 Å². The summed E-state index contributed by atoms with van der Waals surface area (Å²) in [7, 11) is -0.791. The fourth-order valence-corrected chi connectivity index (χ4v) is 5.01. The molecule has 0 aliphatic carbocycles. The van der Waals surface area contributed by atoms with Gasteiger partial charge in [-0.3, -0.25) is 4.90 Å². The molecule has 33 heavy (non-hydrogen) atoms. The smallest absolute Gasteiger partial charge is 0.243 e. The second-order valence-corrected chi connectivity index (χ2v) is 9.24. The van der Waals surface area contributed by atoms with Crippen molar-refractivity contribution < 1.29 is 26.7 Å². The molecule has 2 aromatic carbocycles. The van der Waals surface area contributed by atoms with Gasteiger partial charge in [0.15, 0.2) is 29.0 Å². The number of piperazine rings is 1. The maximum Gasteiger partial charge on any atom is 0.243 e. The lowest BCUT2D eigenvalue weighted by Gasteiger charge is -2.33. The van der Waals surface area contributed by atoms with Crippen LogP contribution in [0.15, 0.2) is 41.3 Å². The van der Waals surface area contributed by atoms with Gasteiger partial charge in [-0.15, -0.1) is 5.10 Å². The number of hydrogen-bond acceptors (Lipinski definition) is 8. The van der Waals surface area contributed by atoms with Crippen LogP contribution in [0.2, 0.25) is 0 Å². The van der Waals surface area contributed by atoms with E-state index in [0.29, 0.717) is 42.6 Å². The average Bonchev–Trinajstić information content (AvgIpc) is 3.28. The van der Waals surface area contributed by atoms with Crippen molar-refractivity contribution in [2.24, 2.45) is 0 Å². The minimum atomic E-state index is -3.72. The molecule has 2 heterocycles. The zero-order valence-corrected chi connectivity index (χ0v) is 18.8. The third-order valence-corrected chi connectivity index (χ3v) is 7.27. The second-order valence-electron chi connectivity index (χ2n) is 7.30. The van der Waals surface area contributed by atoms with Crippen molar-refractivity contribution in [1.29, 1.82) is 0 Å². The van der Waals surface area contributed by atoms with Gasteiger partial charge in [-0.1, -0.05) is 0 Å². The molecule has 4 rings (SSSR count). The van der Waals surface area contributed by atoms with E-state index in [4.69, 9.17) is 9.47 Å². The van der Waals surface area contributed by atoms with Gasteiger partial charge in [0, 0.05) is 38.3 Å². The van der Waals surface area contributed by atoms with E-state index in [1.807, 2.05) is 4.90 Å². The minimum absolute atomic E-state index is 0.121. The average molecular weight is 480 g/mol. The molecule has 0 radical (unpaired) electrons. The molecular weight excluding hydrogens is 458 g/mol. The molecule has 1 saturated heterocycles. The molecule has 0 amide bonds. The minimum Gasteiger partial charge on any atom is -0.493 e. The molecule has 1 aromatic heterocycles. The lowest BCUT2D eigenvalue weighted by atomic mass is 10.3. The Morgan fingerprint density at radius 2 is 1.67 bits per heavy atom. The molecule has 3 aromatic rings. The summed E-state index contributed by atoms with van der Waals surface area (Å²) in [5.41, 5.74) is 0.295. The summed E-state index contributed by atoms with van der Waals surface area (Å²) in [5, 5.41) is 11.5. The van der Waals surface area contributed by atoms with Crippen LogP contribution >= 0.6 is 0 Å². The SMILES string of the molecule is COc1ccc(S(=O)(=O)N2CCN(Cc3nnnn3-c3ccc(F)c(F)c3)CC2)cc1OC. The second kappa shape index (κ2) is 9.37. The van der Waals surface area contributed by atoms with Crippen LogP contribution in [0.25, 0.3) is 5.69 Å². The largest absolute Gasteiger partial charge is 0.493 e. The molecule has 0 saturated carbocycles. The predicted molar refractivity (Wildman–Crippen MR) is 113 cm³/mol. The molecule has 1 fully saturated rings. The van der Waals surface area contributed by atoms with E-state index in [1.54, 1.807) is 6.07 Å². The molecular formula is C20H22F2N6O4S. The Morgan fingerprint density at radius 1 is 0.939 bits per heavy atom. The summed E-state index contributed by atoms with van der Waals surface area (Å²) in [5.74, 6) is -0.748. The number of ether oxygens (including phenoxy) is 2. The van der Waals surface area contributed by atoms with Gasteiger partial charge in [0.05, 0.1) is 31.3 Å². The van der Waals surface area contributed by atoms with E-state index in [9.17, 15) is 17.2 Å². The topological polar surface area (TPSA) is 103 Å². The van der Waals surface area contributed by atoms with Crippen LogP contribution in [0.5, 0.6) is 11.5 Å². The highest BCUT2D eigenvalue weighted by Crippen LogP contribution is 2.31. The Bertz CT molecular complexity index is 1250. The number of nitrogens with zero attached hydrogens (tertiary/aromatic N) is 6. The van der Waals surface area contributed by atoms with Crippen molar-refractivity contribution in [2.75, 3.05) is 40.4 Å². The first kappa shape index (κ1) is 23.0.